The third kappa shape index (κ3) is 3.67. The number of nitrogens with zero attached hydrogens (tertiary/aromatic N) is 1. The molecule has 2 aromatic heterocycles. The van der Waals surface area contributed by atoms with Crippen molar-refractivity contribution in [1.82, 2.24) is 15.0 Å². The van der Waals surface area contributed by atoms with Gasteiger partial charge in [0, 0.05) is 17.1 Å². The summed E-state index contributed by atoms with van der Waals surface area (Å²) >= 11 is 4.58. The van der Waals surface area contributed by atoms with E-state index in [2.05, 4.69) is 31.0 Å². The number of aryl methyl sites for hydroxylation is 1. The number of rotatable bonds is 6. The van der Waals surface area contributed by atoms with E-state index >= 15 is 0 Å². The van der Waals surface area contributed by atoms with Gasteiger partial charge in [0.05, 0.1) is 13.1 Å². The lowest BCUT2D eigenvalue weighted by Gasteiger charge is -2.02. The Morgan fingerprint density at radius 3 is 2.80 bits per heavy atom. The van der Waals surface area contributed by atoms with Gasteiger partial charge in [-0.3, -0.25) is 0 Å². The van der Waals surface area contributed by atoms with Crippen LogP contribution >= 0.6 is 27.3 Å². The minimum absolute atomic E-state index is 0.0935. The Kier molecular flexibility index (Phi) is 4.97. The number of thiazole rings is 1. The van der Waals surface area contributed by atoms with Crippen molar-refractivity contribution >= 4 is 37.3 Å². The van der Waals surface area contributed by atoms with E-state index in [-0.39, 0.29) is 16.1 Å². The number of furan rings is 1. The molecule has 0 fully saturated rings. The van der Waals surface area contributed by atoms with Crippen molar-refractivity contribution < 1.29 is 12.8 Å². The molecule has 0 spiro atoms. The van der Waals surface area contributed by atoms with E-state index in [1.807, 2.05) is 6.92 Å². The second-order valence-electron chi connectivity index (χ2n) is 4.07. The maximum atomic E-state index is 12.2. The number of aromatic nitrogens is 1. The van der Waals surface area contributed by atoms with Gasteiger partial charge in [-0.25, -0.2) is 18.1 Å². The first-order valence-corrected chi connectivity index (χ1v) is 8.85. The molecule has 0 bridgehead atoms. The first-order chi connectivity index (χ1) is 9.42. The van der Waals surface area contributed by atoms with E-state index in [1.165, 1.54) is 17.4 Å². The van der Waals surface area contributed by atoms with Crippen molar-refractivity contribution in [3.05, 3.63) is 32.6 Å². The summed E-state index contributed by atoms with van der Waals surface area (Å²) in [6.07, 6.45) is 1.72. The van der Waals surface area contributed by atoms with Gasteiger partial charge < -0.3 is 9.73 Å². The zero-order valence-electron chi connectivity index (χ0n) is 10.9. The average Bonchev–Trinajstić information content (AvgIpc) is 2.94. The molecule has 0 radical (unpaired) electrons. The smallest absolute Gasteiger partial charge is 0.245 e. The zero-order valence-corrected chi connectivity index (χ0v) is 14.2. The van der Waals surface area contributed by atoms with Gasteiger partial charge in [0.2, 0.25) is 10.0 Å². The van der Waals surface area contributed by atoms with E-state index in [1.54, 1.807) is 13.2 Å². The molecule has 0 saturated carbocycles. The van der Waals surface area contributed by atoms with Gasteiger partial charge in [-0.2, -0.15) is 0 Å². The van der Waals surface area contributed by atoms with E-state index in [0.717, 1.165) is 9.88 Å². The highest BCUT2D eigenvalue weighted by Gasteiger charge is 2.22. The van der Waals surface area contributed by atoms with Crippen molar-refractivity contribution in [2.45, 2.75) is 24.9 Å². The second-order valence-corrected chi connectivity index (χ2v) is 7.85. The highest BCUT2D eigenvalue weighted by atomic mass is 79.9. The van der Waals surface area contributed by atoms with Crippen LogP contribution in [-0.4, -0.2) is 20.4 Å². The summed E-state index contributed by atoms with van der Waals surface area (Å²) in [5.74, 6) is 0.546. The molecule has 9 heteroatoms. The molecule has 0 aliphatic heterocycles. The molecule has 110 valence electrons. The largest absolute Gasteiger partial charge is 0.452 e. The van der Waals surface area contributed by atoms with Crippen LogP contribution in [0.15, 0.2) is 26.2 Å². The third-order valence-corrected chi connectivity index (χ3v) is 5.60. The van der Waals surface area contributed by atoms with Crippen LogP contribution in [0.2, 0.25) is 0 Å². The topological polar surface area (TPSA) is 84.2 Å². The average molecular weight is 380 g/mol. The molecular weight excluding hydrogens is 366 g/mol. The van der Waals surface area contributed by atoms with Crippen LogP contribution in [0.25, 0.3) is 0 Å². The molecule has 6 nitrogen and oxygen atoms in total. The van der Waals surface area contributed by atoms with E-state index in [9.17, 15) is 8.42 Å². The second kappa shape index (κ2) is 6.35. The first kappa shape index (κ1) is 15.6. The Morgan fingerprint density at radius 1 is 1.45 bits per heavy atom. The lowest BCUT2D eigenvalue weighted by atomic mass is 10.4. The molecule has 0 amide bonds. The lowest BCUT2D eigenvalue weighted by molar-refractivity contribution is 0.470. The highest BCUT2D eigenvalue weighted by Crippen LogP contribution is 2.26. The quantitative estimate of drug-likeness (QED) is 0.801. The Bertz CT molecular complexity index is 694. The van der Waals surface area contributed by atoms with Gasteiger partial charge in [0.15, 0.2) is 4.67 Å². The molecule has 2 N–H and O–H groups in total. The van der Waals surface area contributed by atoms with Crippen LogP contribution in [0.3, 0.4) is 0 Å². The molecule has 2 aromatic rings. The molecular formula is C11H14BrN3O3S2. The van der Waals surface area contributed by atoms with Gasteiger partial charge >= 0.3 is 0 Å². The van der Waals surface area contributed by atoms with Crippen molar-refractivity contribution in [2.24, 2.45) is 0 Å². The molecule has 0 atom stereocenters. The van der Waals surface area contributed by atoms with Crippen molar-refractivity contribution in [2.75, 3.05) is 7.05 Å². The summed E-state index contributed by atoms with van der Waals surface area (Å²) in [4.78, 5) is 5.25. The number of nitrogens with one attached hydrogen (secondary N) is 2. The Morgan fingerprint density at radius 2 is 2.20 bits per heavy atom. The standard InChI is InChI=1S/C11H14BrN3O3S2/c1-7-4-14-10(19-7)6-15-20(16,17)9-3-8(5-13-2)18-11(9)12/h3-4,13,15H,5-6H2,1-2H3. The van der Waals surface area contributed by atoms with Crippen molar-refractivity contribution in [3.63, 3.8) is 0 Å². The summed E-state index contributed by atoms with van der Waals surface area (Å²) in [6.45, 7) is 2.55. The molecule has 2 rings (SSSR count). The number of hydrogen-bond acceptors (Lipinski definition) is 6. The fourth-order valence-corrected chi connectivity index (χ4v) is 4.36. The fourth-order valence-electron chi connectivity index (χ4n) is 1.56. The van der Waals surface area contributed by atoms with Gasteiger partial charge in [0.1, 0.15) is 15.7 Å². The van der Waals surface area contributed by atoms with Crippen LogP contribution in [-0.2, 0) is 23.1 Å². The van der Waals surface area contributed by atoms with Crippen molar-refractivity contribution in [1.29, 1.82) is 0 Å². The molecule has 0 aliphatic rings. The molecule has 0 aliphatic carbocycles. The van der Waals surface area contributed by atoms with Gasteiger partial charge in [0.25, 0.3) is 0 Å². The maximum Gasteiger partial charge on any atom is 0.245 e. The van der Waals surface area contributed by atoms with Gasteiger partial charge in [-0.05, 0) is 29.9 Å². The minimum atomic E-state index is -3.63. The van der Waals surface area contributed by atoms with E-state index < -0.39 is 10.0 Å². The SMILES string of the molecule is CNCc1cc(S(=O)(=O)NCc2ncc(C)s2)c(Br)o1. The minimum Gasteiger partial charge on any atom is -0.452 e. The Hall–Kier alpha value is -0.740. The normalized spacial score (nSPS) is 11.9. The summed E-state index contributed by atoms with van der Waals surface area (Å²) in [5.41, 5.74) is 0. The molecule has 20 heavy (non-hydrogen) atoms. The number of hydrogen-bond donors (Lipinski definition) is 2. The molecule has 0 saturated heterocycles. The van der Waals surface area contributed by atoms with Gasteiger partial charge in [-0.1, -0.05) is 0 Å². The summed E-state index contributed by atoms with van der Waals surface area (Å²) < 4.78 is 32.4. The monoisotopic (exact) mass is 379 g/mol. The number of halogens is 1. The van der Waals surface area contributed by atoms with E-state index in [0.29, 0.717) is 12.3 Å². The maximum absolute atomic E-state index is 12.2. The van der Waals surface area contributed by atoms with Crippen molar-refractivity contribution in [3.8, 4) is 0 Å². The molecule has 0 aromatic carbocycles. The van der Waals surface area contributed by atoms with Gasteiger partial charge in [-0.15, -0.1) is 11.3 Å². The van der Waals surface area contributed by atoms with Crippen LogP contribution in [0, 0.1) is 6.92 Å². The first-order valence-electron chi connectivity index (χ1n) is 5.76. The van der Waals surface area contributed by atoms with E-state index in [4.69, 9.17) is 4.42 Å². The fraction of sp³-hybridized carbons (Fsp3) is 0.364. The predicted molar refractivity (Wildman–Crippen MR) is 80.0 cm³/mol. The Balaban J connectivity index is 2.13. The third-order valence-electron chi connectivity index (χ3n) is 2.43. The molecule has 0 unspecified atom stereocenters. The van der Waals surface area contributed by atoms with Crippen LogP contribution in [0.1, 0.15) is 15.6 Å². The van der Waals surface area contributed by atoms with Crippen LogP contribution < -0.4 is 10.0 Å². The predicted octanol–water partition coefficient (Wildman–Crippen LogP) is 2.00. The van der Waals surface area contributed by atoms with Crippen LogP contribution in [0.4, 0.5) is 0 Å². The summed E-state index contributed by atoms with van der Waals surface area (Å²) in [7, 11) is -1.87. The number of sulfonamides is 1. The zero-order chi connectivity index (χ0) is 14.8. The highest BCUT2D eigenvalue weighted by molar-refractivity contribution is 9.10. The Labute approximate surface area is 129 Å². The summed E-state index contributed by atoms with van der Waals surface area (Å²) in [5, 5.41) is 3.62. The summed E-state index contributed by atoms with van der Waals surface area (Å²) in [6, 6.07) is 1.50. The lowest BCUT2D eigenvalue weighted by Crippen LogP contribution is -2.23. The van der Waals surface area contributed by atoms with Crippen LogP contribution in [0.5, 0.6) is 0 Å². The molecule has 2 heterocycles.